The molecule has 1 aliphatic rings. The summed E-state index contributed by atoms with van der Waals surface area (Å²) >= 11 is 1.43. The molecule has 1 aliphatic heterocycles. The second-order valence-electron chi connectivity index (χ2n) is 27.1. The smallest absolute Gasteiger partial charge is 0.419 e. The predicted molar refractivity (Wildman–Crippen MR) is 446 cm³/mol. The Morgan fingerprint density at radius 2 is 0.881 bits per heavy atom. The molecular formula is C82H117N4O28P3S. The van der Waals surface area contributed by atoms with Crippen LogP contribution in [0.15, 0.2) is 97.1 Å². The van der Waals surface area contributed by atoms with Crippen LogP contribution in [0.3, 0.4) is 0 Å². The number of likely N-dealkylation sites (tertiary alicyclic amines) is 1. The quantitative estimate of drug-likeness (QED) is 0.00476. The lowest BCUT2D eigenvalue weighted by molar-refractivity contribution is -0.385. The molecular weight excluding hydrogens is 1610 g/mol. The van der Waals surface area contributed by atoms with Gasteiger partial charge in [-0.05, 0) is 140 Å². The zero-order valence-corrected chi connectivity index (χ0v) is 71.9. The molecule has 32 nitrogen and oxygen atoms in total. The average molecular weight is 1730 g/mol. The molecule has 5 aromatic carbocycles. The van der Waals surface area contributed by atoms with Crippen molar-refractivity contribution in [3.05, 3.63) is 141 Å². The van der Waals surface area contributed by atoms with E-state index in [0.29, 0.717) is 96.3 Å². The van der Waals surface area contributed by atoms with Gasteiger partial charge in [-0.25, -0.2) is 13.7 Å². The number of anilines is 2. The molecule has 6 rings (SSSR count). The van der Waals surface area contributed by atoms with E-state index >= 15 is 0 Å². The van der Waals surface area contributed by atoms with Gasteiger partial charge in [0.25, 0.3) is 0 Å². The van der Waals surface area contributed by atoms with Gasteiger partial charge in [0.15, 0.2) is 0 Å². The van der Waals surface area contributed by atoms with Crippen molar-refractivity contribution in [3.63, 3.8) is 0 Å². The number of imide groups is 1. The van der Waals surface area contributed by atoms with Crippen LogP contribution in [-0.2, 0) is 109 Å². The summed E-state index contributed by atoms with van der Waals surface area (Å²) in [6.45, 7) is 6.10. The van der Waals surface area contributed by atoms with Gasteiger partial charge in [0.05, 0.1) is 182 Å². The fraction of sp³-hybridized carbons (Fsp3) is 0.573. The maximum Gasteiger partial charge on any atom is 0.472 e. The Morgan fingerprint density at radius 1 is 0.483 bits per heavy atom. The van der Waals surface area contributed by atoms with Gasteiger partial charge in [-0.1, -0.05) is 79.7 Å². The second kappa shape index (κ2) is 58.4. The highest BCUT2D eigenvalue weighted by atomic mass is 32.2. The Labute approximate surface area is 696 Å². The van der Waals surface area contributed by atoms with E-state index in [1.54, 1.807) is 13.0 Å². The number of esters is 1. The van der Waals surface area contributed by atoms with Crippen LogP contribution in [0.4, 0.5) is 17.1 Å². The molecule has 2 amide bonds. The molecule has 0 radical (unpaired) electrons. The monoisotopic (exact) mass is 1730 g/mol. The topological polar surface area (TPSA) is 373 Å². The van der Waals surface area contributed by atoms with Crippen LogP contribution in [0.2, 0.25) is 0 Å². The van der Waals surface area contributed by atoms with Gasteiger partial charge in [0.2, 0.25) is 17.6 Å². The molecule has 5 aromatic rings. The Kier molecular flexibility index (Phi) is 49.6. The summed E-state index contributed by atoms with van der Waals surface area (Å²) in [4.78, 5) is 84.0. The van der Waals surface area contributed by atoms with Gasteiger partial charge in [0, 0.05) is 87.3 Å². The lowest BCUT2D eigenvalue weighted by atomic mass is 9.92. The van der Waals surface area contributed by atoms with Crippen molar-refractivity contribution in [2.75, 3.05) is 222 Å². The fourth-order valence-corrected chi connectivity index (χ4v) is 14.6. The van der Waals surface area contributed by atoms with Crippen molar-refractivity contribution in [2.24, 2.45) is 0 Å². The third-order valence-corrected chi connectivity index (χ3v) is 21.8. The number of aryl methyl sites for hydroxylation is 2. The molecule has 36 heteroatoms. The third-order valence-electron chi connectivity index (χ3n) is 17.4. The van der Waals surface area contributed by atoms with Crippen LogP contribution in [0, 0.1) is 40.7 Å². The maximum absolute atomic E-state index is 12.9. The van der Waals surface area contributed by atoms with Crippen LogP contribution in [0.5, 0.6) is 5.75 Å². The molecule has 1 saturated heterocycles. The Bertz CT molecular complexity index is 4050. The first-order valence-electron chi connectivity index (χ1n) is 39.7. The fourth-order valence-electron chi connectivity index (χ4n) is 11.3. The van der Waals surface area contributed by atoms with Crippen molar-refractivity contribution < 1.29 is 127 Å². The number of phosphoric acid groups is 3. The van der Waals surface area contributed by atoms with Crippen LogP contribution in [0.25, 0.3) is 10.8 Å². The van der Waals surface area contributed by atoms with E-state index in [0.717, 1.165) is 88.5 Å². The minimum atomic E-state index is -4.31. The number of hydrogen-bond acceptors (Lipinski definition) is 28. The molecule has 0 bridgehead atoms. The highest BCUT2D eigenvalue weighted by Gasteiger charge is 2.38. The summed E-state index contributed by atoms with van der Waals surface area (Å²) < 4.78 is 127. The highest BCUT2D eigenvalue weighted by Crippen LogP contribution is 2.45. The number of nitrogens with zero attached hydrogens (tertiary/aromatic N) is 4. The maximum atomic E-state index is 12.9. The van der Waals surface area contributed by atoms with Gasteiger partial charge < -0.3 is 76.6 Å². The molecule has 0 saturated carbocycles. The van der Waals surface area contributed by atoms with E-state index in [9.17, 15) is 52.9 Å². The number of carbonyl (C=O) groups excluding carboxylic acids is 3. The van der Waals surface area contributed by atoms with E-state index < -0.39 is 39.6 Å². The normalized spacial score (nSPS) is 14.3. The number of carbonyl (C=O) groups is 3. The Morgan fingerprint density at radius 3 is 1.32 bits per heavy atom. The van der Waals surface area contributed by atoms with Crippen LogP contribution >= 0.6 is 35.2 Å². The molecule has 654 valence electrons. The van der Waals surface area contributed by atoms with E-state index in [1.807, 2.05) is 64.6 Å². The molecule has 4 atom stereocenters. The SMILES string of the molecule is Cc1ccc(OC(=O)CCCCCN2C(=O)CC(SCCCCCCOP(=O)(O)OCCOCCOCCOCCOCCOCCOP(=O)(O)OCCOCCOCCOCCOCCOCCOP(=O)(O)OCCCCCc3cc(C#Cc4ccc(N(C)C)cc4)c4ccccc4c3C#Cc3ccc(N(C)C)cc3)C2=O)c([N+](=O)[O-])c1. The number of benzene rings is 5. The second-order valence-corrected chi connectivity index (χ2v) is 32.8. The number of ether oxygens (including phenoxy) is 11. The molecule has 1 heterocycles. The molecule has 3 N–H and O–H groups in total. The summed E-state index contributed by atoms with van der Waals surface area (Å²) in [5, 5.41) is 12.9. The molecule has 0 aromatic heterocycles. The lowest BCUT2D eigenvalue weighted by Gasteiger charge is -2.14. The number of thioether (sulfide) groups is 1. The van der Waals surface area contributed by atoms with Gasteiger partial charge in [-0.2, -0.15) is 0 Å². The zero-order valence-electron chi connectivity index (χ0n) is 68.4. The summed E-state index contributed by atoms with van der Waals surface area (Å²) in [5.41, 5.74) is 7.36. The van der Waals surface area contributed by atoms with Gasteiger partial charge in [-0.15, -0.1) is 11.8 Å². The summed E-state index contributed by atoms with van der Waals surface area (Å²) in [6, 6.07) is 31.0. The number of fused-ring (bicyclic) bond motifs is 1. The Hall–Kier alpha value is -6.63. The summed E-state index contributed by atoms with van der Waals surface area (Å²) in [5.74, 6) is 13.2. The van der Waals surface area contributed by atoms with Crippen LogP contribution in [0.1, 0.15) is 110 Å². The summed E-state index contributed by atoms with van der Waals surface area (Å²) in [7, 11) is -4.83. The lowest BCUT2D eigenvalue weighted by Crippen LogP contribution is -2.32. The van der Waals surface area contributed by atoms with Crippen molar-refractivity contribution in [3.8, 4) is 29.4 Å². The summed E-state index contributed by atoms with van der Waals surface area (Å²) in [6.07, 6.45) is 7.28. The first-order chi connectivity index (χ1) is 57.0. The minimum absolute atomic E-state index is 0.0235. The van der Waals surface area contributed by atoms with Crippen molar-refractivity contribution in [1.29, 1.82) is 0 Å². The zero-order chi connectivity index (χ0) is 84.9. The molecule has 4 unspecified atom stereocenters. The number of unbranched alkanes of at least 4 members (excludes halogenated alkanes) is 7. The van der Waals surface area contributed by atoms with Crippen molar-refractivity contribution in [2.45, 2.75) is 95.6 Å². The predicted octanol–water partition coefficient (Wildman–Crippen LogP) is 11.9. The third kappa shape index (κ3) is 42.7. The Balaban J connectivity index is 0.632. The molecule has 118 heavy (non-hydrogen) atoms. The van der Waals surface area contributed by atoms with Crippen LogP contribution in [-0.4, -0.2) is 260 Å². The number of nitro benzene ring substituents is 1. The highest BCUT2D eigenvalue weighted by molar-refractivity contribution is 8.00. The van der Waals surface area contributed by atoms with E-state index in [2.05, 4.69) is 75.9 Å². The van der Waals surface area contributed by atoms with Crippen molar-refractivity contribution >= 4 is 80.8 Å². The average Bonchev–Trinajstić information content (AvgIpc) is 0.980. The molecule has 0 aliphatic carbocycles. The largest absolute Gasteiger partial charge is 0.472 e. The first-order valence-corrected chi connectivity index (χ1v) is 45.2. The number of rotatable bonds is 66. The van der Waals surface area contributed by atoms with Gasteiger partial charge in [-0.3, -0.25) is 56.5 Å². The first kappa shape index (κ1) is 100. The van der Waals surface area contributed by atoms with E-state index in [1.165, 1.54) is 28.8 Å². The standard InChI is InChI=1S/C82H117N4O28P3S/c1-67-22-35-78(77(64-67)86(90)91)114-81(88)21-11-8-14-36-85-80(87)66-79(82(85)89)118-63-17-7-6-15-37-108-115(92,93)110-59-55-104-51-47-100-43-39-98-41-45-102-49-53-106-57-61-112-117(96,97)113-62-58-107-54-50-103-46-42-99-40-44-101-48-52-105-56-60-111-116(94,95)109-38-16-9-10-18-70-65-71(29-23-68-24-30-72(31-25-68)83(2)3)74-19-12-13-20-76(74)75(70)34-28-69-26-32-73(33-27-69)84(4)5/h12-13,19-20,22,24-27,30-33,35,64-65,79H,6-11,14-18,21,36-63,66H2,1-5H3,(H,92,93)(H,94,95)(H,96,97). The molecule has 1 fully saturated rings. The molecule has 0 spiro atoms. The van der Waals surface area contributed by atoms with E-state index in [4.69, 9.17) is 79.2 Å². The number of hydrogen-bond donors (Lipinski definition) is 3. The van der Waals surface area contributed by atoms with E-state index in [-0.39, 0.29) is 162 Å². The van der Waals surface area contributed by atoms with Crippen molar-refractivity contribution in [1.82, 2.24) is 4.90 Å². The number of amides is 2. The van der Waals surface area contributed by atoms with Crippen LogP contribution < -0.4 is 14.5 Å². The number of nitro groups is 1. The van der Waals surface area contributed by atoms with Gasteiger partial charge >= 0.3 is 35.1 Å². The number of phosphoric ester groups is 3. The minimum Gasteiger partial charge on any atom is -0.419 e. The van der Waals surface area contributed by atoms with Gasteiger partial charge in [0.1, 0.15) is 0 Å².